The normalized spacial score (nSPS) is 17.6. The number of benzene rings is 2. The minimum Gasteiger partial charge on any atom is -0.458 e. The first-order valence-electron chi connectivity index (χ1n) is 10.0. The maximum atomic E-state index is 12.6. The van der Waals surface area contributed by atoms with Crippen LogP contribution in [0.15, 0.2) is 63.9 Å². The van der Waals surface area contributed by atoms with Gasteiger partial charge in [-0.05, 0) is 55.7 Å². The molecular weight excluding hydrogens is 440 g/mol. The second-order valence-corrected chi connectivity index (χ2v) is 11.3. The van der Waals surface area contributed by atoms with E-state index in [0.29, 0.717) is 30.0 Å². The maximum absolute atomic E-state index is 12.6. The Bertz CT molecular complexity index is 1230. The summed E-state index contributed by atoms with van der Waals surface area (Å²) < 4.78 is 58.9. The molecule has 1 saturated heterocycles. The van der Waals surface area contributed by atoms with E-state index < -0.39 is 26.2 Å². The molecule has 4 rings (SSSR count). The lowest BCUT2D eigenvalue weighted by atomic mass is 10.2. The van der Waals surface area contributed by atoms with Crippen LogP contribution in [0.5, 0.6) is 0 Å². The van der Waals surface area contributed by atoms with Crippen molar-refractivity contribution >= 4 is 36.7 Å². The van der Waals surface area contributed by atoms with Gasteiger partial charge < -0.3 is 9.52 Å². The van der Waals surface area contributed by atoms with Crippen molar-refractivity contribution in [2.45, 2.75) is 30.3 Å². The molecule has 1 aromatic heterocycles. The summed E-state index contributed by atoms with van der Waals surface area (Å²) in [7, 11) is -7.15. The molecule has 0 spiro atoms. The van der Waals surface area contributed by atoms with Gasteiger partial charge in [-0.15, -0.1) is 0 Å². The summed E-state index contributed by atoms with van der Waals surface area (Å²) in [6.07, 6.45) is 0.605. The van der Waals surface area contributed by atoms with E-state index in [1.54, 1.807) is 12.1 Å². The van der Waals surface area contributed by atoms with Crippen LogP contribution in [0.3, 0.4) is 0 Å². The van der Waals surface area contributed by atoms with Crippen LogP contribution in [0, 0.1) is 0 Å². The lowest BCUT2D eigenvalue weighted by molar-refractivity contribution is 0.144. The highest BCUT2D eigenvalue weighted by Gasteiger charge is 2.26. The van der Waals surface area contributed by atoms with Gasteiger partial charge in [0.25, 0.3) is 0 Å². The Labute approximate surface area is 181 Å². The highest BCUT2D eigenvalue weighted by atomic mass is 32.2. The lowest BCUT2D eigenvalue weighted by Crippen LogP contribution is -2.37. The molecule has 8 nitrogen and oxygen atoms in total. The van der Waals surface area contributed by atoms with E-state index in [2.05, 4.69) is 4.72 Å². The van der Waals surface area contributed by atoms with Gasteiger partial charge >= 0.3 is 0 Å². The molecule has 166 valence electrons. The molecule has 0 amide bonds. The van der Waals surface area contributed by atoms with Crippen LogP contribution in [-0.4, -0.2) is 40.8 Å². The van der Waals surface area contributed by atoms with Crippen LogP contribution in [0.1, 0.15) is 31.1 Å². The fourth-order valence-corrected chi connectivity index (χ4v) is 6.28. The van der Waals surface area contributed by atoms with Crippen molar-refractivity contribution in [1.29, 1.82) is 0 Å². The molecule has 1 aliphatic rings. The fourth-order valence-electron chi connectivity index (χ4n) is 3.59. The van der Waals surface area contributed by atoms with Gasteiger partial charge in [0.1, 0.15) is 17.4 Å². The Morgan fingerprint density at radius 3 is 2.55 bits per heavy atom. The zero-order valence-corrected chi connectivity index (χ0v) is 18.4. The number of fused-ring (bicyclic) bond motifs is 1. The smallest absolute Gasteiger partial charge is 0.240 e. The Morgan fingerprint density at radius 2 is 1.84 bits per heavy atom. The van der Waals surface area contributed by atoms with Gasteiger partial charge in [-0.25, -0.2) is 21.6 Å². The van der Waals surface area contributed by atoms with Crippen LogP contribution in [0.2, 0.25) is 0 Å². The molecule has 3 aromatic rings. The maximum Gasteiger partial charge on any atom is 0.240 e. The number of hydrogen-bond donors (Lipinski definition) is 2. The number of nitrogens with zero attached hydrogens (tertiary/aromatic N) is 1. The quantitative estimate of drug-likeness (QED) is 0.555. The Hall–Kier alpha value is -2.40. The molecule has 31 heavy (non-hydrogen) atoms. The lowest BCUT2D eigenvalue weighted by Gasteiger charge is -2.28. The first-order valence-corrected chi connectivity index (χ1v) is 13.1. The van der Waals surface area contributed by atoms with E-state index in [4.69, 9.17) is 4.42 Å². The molecule has 0 bridgehead atoms. The van der Waals surface area contributed by atoms with E-state index in [1.807, 2.05) is 18.2 Å². The predicted octanol–water partition coefficient (Wildman–Crippen LogP) is 2.76. The average molecular weight is 465 g/mol. The van der Waals surface area contributed by atoms with Gasteiger partial charge in [0.2, 0.25) is 20.0 Å². The van der Waals surface area contributed by atoms with Crippen molar-refractivity contribution in [3.63, 3.8) is 0 Å². The molecule has 1 atom stereocenters. The number of furan rings is 1. The largest absolute Gasteiger partial charge is 0.458 e. The highest BCUT2D eigenvalue weighted by Crippen LogP contribution is 2.26. The van der Waals surface area contributed by atoms with Gasteiger partial charge in [-0.2, -0.15) is 0 Å². The summed E-state index contributed by atoms with van der Waals surface area (Å²) in [6.45, 7) is 0.412. The number of sulfonamides is 2. The van der Waals surface area contributed by atoms with Crippen LogP contribution in [-0.2, 0) is 20.0 Å². The van der Waals surface area contributed by atoms with E-state index >= 15 is 0 Å². The number of aliphatic hydroxyl groups is 1. The third-order valence-electron chi connectivity index (χ3n) is 5.27. The standard InChI is InChI=1S/C21H24N2O6S2/c24-19(21-15-16-5-1-2-6-20(16)29-21)11-12-22-31(27,28)18-9-7-17(8-10-18)23-13-3-4-14-30(23,25)26/h1-2,5-10,15,19,22,24H,3-4,11-14H2. The molecule has 10 heteroatoms. The van der Waals surface area contributed by atoms with Crippen LogP contribution in [0.25, 0.3) is 11.0 Å². The van der Waals surface area contributed by atoms with E-state index in [0.717, 1.165) is 11.8 Å². The van der Waals surface area contributed by atoms with Gasteiger partial charge in [0, 0.05) is 18.5 Å². The number of rotatable bonds is 7. The molecule has 0 aliphatic carbocycles. The number of anilines is 1. The summed E-state index contributed by atoms with van der Waals surface area (Å²) in [5.41, 5.74) is 1.12. The van der Waals surface area contributed by atoms with Crippen molar-refractivity contribution in [3.05, 3.63) is 60.4 Å². The molecule has 0 saturated carbocycles. The molecule has 1 aliphatic heterocycles. The predicted molar refractivity (Wildman–Crippen MR) is 118 cm³/mol. The zero-order valence-electron chi connectivity index (χ0n) is 16.8. The summed E-state index contributed by atoms with van der Waals surface area (Å²) >= 11 is 0. The molecule has 0 radical (unpaired) electrons. The molecular formula is C21H24N2O6S2. The van der Waals surface area contributed by atoms with Gasteiger partial charge in [0.15, 0.2) is 0 Å². The summed E-state index contributed by atoms with van der Waals surface area (Å²) in [6, 6.07) is 14.9. The third-order valence-corrected chi connectivity index (χ3v) is 8.61. The van der Waals surface area contributed by atoms with Crippen molar-refractivity contribution < 1.29 is 26.4 Å². The average Bonchev–Trinajstić information content (AvgIpc) is 3.18. The second-order valence-electron chi connectivity index (χ2n) is 7.48. The monoisotopic (exact) mass is 464 g/mol. The summed E-state index contributed by atoms with van der Waals surface area (Å²) in [5.74, 6) is 0.481. The van der Waals surface area contributed by atoms with Crippen molar-refractivity contribution in [2.24, 2.45) is 0 Å². The van der Waals surface area contributed by atoms with Crippen molar-refractivity contribution in [2.75, 3.05) is 23.1 Å². The first-order chi connectivity index (χ1) is 14.8. The number of nitrogens with one attached hydrogen (secondary N) is 1. The molecule has 1 fully saturated rings. The minimum absolute atomic E-state index is 0.0167. The van der Waals surface area contributed by atoms with Crippen LogP contribution in [0.4, 0.5) is 5.69 Å². The fraction of sp³-hybridized carbons (Fsp3) is 0.333. The summed E-state index contributed by atoms with van der Waals surface area (Å²) in [4.78, 5) is 0.0314. The second kappa shape index (κ2) is 8.62. The molecule has 1 unspecified atom stereocenters. The topological polar surface area (TPSA) is 117 Å². The van der Waals surface area contributed by atoms with Gasteiger partial charge in [-0.1, -0.05) is 18.2 Å². The van der Waals surface area contributed by atoms with E-state index in [1.165, 1.54) is 28.6 Å². The first kappa shape index (κ1) is 21.8. The van der Waals surface area contributed by atoms with Crippen molar-refractivity contribution in [1.82, 2.24) is 4.72 Å². The zero-order chi connectivity index (χ0) is 22.1. The number of para-hydroxylation sites is 1. The van der Waals surface area contributed by atoms with E-state index in [9.17, 15) is 21.9 Å². The molecule has 2 heterocycles. The number of aliphatic hydroxyl groups excluding tert-OH is 1. The Kier molecular flexibility index (Phi) is 6.07. The molecule has 2 N–H and O–H groups in total. The highest BCUT2D eigenvalue weighted by molar-refractivity contribution is 7.92. The van der Waals surface area contributed by atoms with Crippen molar-refractivity contribution in [3.8, 4) is 0 Å². The van der Waals surface area contributed by atoms with Gasteiger partial charge in [-0.3, -0.25) is 4.31 Å². The Balaban J connectivity index is 1.38. The molecule has 2 aromatic carbocycles. The van der Waals surface area contributed by atoms with Crippen LogP contribution >= 0.6 is 0 Å². The van der Waals surface area contributed by atoms with Gasteiger partial charge in [0.05, 0.1) is 16.3 Å². The minimum atomic E-state index is -3.80. The SMILES string of the molecule is O=S(=O)(NCCC(O)c1cc2ccccc2o1)c1ccc(N2CCCCS2(=O)=O)cc1. The van der Waals surface area contributed by atoms with Crippen LogP contribution < -0.4 is 9.03 Å². The van der Waals surface area contributed by atoms with E-state index in [-0.39, 0.29) is 23.6 Å². The number of hydrogen-bond acceptors (Lipinski definition) is 6. The summed E-state index contributed by atoms with van der Waals surface area (Å²) in [5, 5.41) is 11.2. The third kappa shape index (κ3) is 4.77. The Morgan fingerprint density at radius 1 is 1.10 bits per heavy atom.